The standard InChI is InChI=1S/C23H28O9/c1-10(2)19(26)31-14-7-21(5)17-15(30-12(4)25)8-22(6,28)18(17)23(21)16(14)13(20(27)32-23)9-29-11(3)24/h14-15,17-18,28H,1,7-9H2,2-6H3/t14-,15-,17+,18+,21+,22+,23+/m0/s1. The second-order valence-electron chi connectivity index (χ2n) is 9.81. The van der Waals surface area contributed by atoms with E-state index in [0.29, 0.717) is 12.0 Å². The first-order chi connectivity index (χ1) is 14.8. The molecule has 0 amide bonds. The van der Waals surface area contributed by atoms with Gasteiger partial charge in [-0.05, 0) is 20.3 Å². The third-order valence-corrected chi connectivity index (χ3v) is 7.56. The van der Waals surface area contributed by atoms with Crippen molar-refractivity contribution in [1.29, 1.82) is 0 Å². The molecule has 9 heteroatoms. The van der Waals surface area contributed by atoms with Crippen molar-refractivity contribution in [2.75, 3.05) is 6.61 Å². The van der Waals surface area contributed by atoms with Gasteiger partial charge in [0.15, 0.2) is 0 Å². The summed E-state index contributed by atoms with van der Waals surface area (Å²) in [6.07, 6.45) is -0.913. The first-order valence-electron chi connectivity index (χ1n) is 10.6. The fourth-order valence-electron chi connectivity index (χ4n) is 6.67. The van der Waals surface area contributed by atoms with Crippen molar-refractivity contribution < 1.29 is 43.2 Å². The van der Waals surface area contributed by atoms with Crippen LogP contribution in [0, 0.1) is 17.3 Å². The fourth-order valence-corrected chi connectivity index (χ4v) is 6.67. The highest BCUT2D eigenvalue weighted by atomic mass is 16.6. The number of carbonyl (C=O) groups is 4. The lowest BCUT2D eigenvalue weighted by Gasteiger charge is -2.63. The minimum absolute atomic E-state index is 0.119. The molecule has 4 aliphatic rings. The van der Waals surface area contributed by atoms with E-state index in [1.54, 1.807) is 6.92 Å². The topological polar surface area (TPSA) is 125 Å². The van der Waals surface area contributed by atoms with Crippen LogP contribution >= 0.6 is 0 Å². The average molecular weight is 448 g/mol. The Hall–Kier alpha value is -2.68. The van der Waals surface area contributed by atoms with Gasteiger partial charge in [0.25, 0.3) is 0 Å². The molecule has 7 atom stereocenters. The van der Waals surface area contributed by atoms with Crippen LogP contribution < -0.4 is 0 Å². The van der Waals surface area contributed by atoms with E-state index in [1.165, 1.54) is 20.8 Å². The van der Waals surface area contributed by atoms with E-state index in [-0.39, 0.29) is 30.1 Å². The van der Waals surface area contributed by atoms with Crippen LogP contribution in [0.2, 0.25) is 0 Å². The fraction of sp³-hybridized carbons (Fsp3) is 0.652. The molecule has 0 radical (unpaired) electrons. The number of rotatable bonds is 5. The average Bonchev–Trinajstić information content (AvgIpc) is 3.14. The van der Waals surface area contributed by atoms with Crippen LogP contribution in [0.1, 0.15) is 47.5 Å². The van der Waals surface area contributed by atoms with Crippen molar-refractivity contribution >= 4 is 23.9 Å². The summed E-state index contributed by atoms with van der Waals surface area (Å²) >= 11 is 0. The molecule has 32 heavy (non-hydrogen) atoms. The van der Waals surface area contributed by atoms with Gasteiger partial charge in [0.2, 0.25) is 0 Å². The molecule has 1 aliphatic heterocycles. The van der Waals surface area contributed by atoms with Crippen molar-refractivity contribution in [3.05, 3.63) is 23.3 Å². The number of hydrogen-bond acceptors (Lipinski definition) is 9. The smallest absolute Gasteiger partial charge is 0.338 e. The highest BCUT2D eigenvalue weighted by molar-refractivity contribution is 5.96. The normalized spacial score (nSPS) is 41.1. The molecule has 1 N–H and O–H groups in total. The van der Waals surface area contributed by atoms with Gasteiger partial charge in [-0.2, -0.15) is 0 Å². The molecule has 0 bridgehead atoms. The number of ether oxygens (including phenoxy) is 4. The Morgan fingerprint density at radius 1 is 1.12 bits per heavy atom. The molecule has 4 rings (SSSR count). The molecule has 0 aromatic heterocycles. The summed E-state index contributed by atoms with van der Waals surface area (Å²) in [6.45, 7) is 10.9. The van der Waals surface area contributed by atoms with Crippen LogP contribution in [-0.4, -0.2) is 59.0 Å². The van der Waals surface area contributed by atoms with Crippen LogP contribution in [0.15, 0.2) is 23.3 Å². The van der Waals surface area contributed by atoms with E-state index in [0.717, 1.165) is 0 Å². The molecule has 0 aromatic rings. The minimum atomic E-state index is -1.31. The number of esters is 4. The zero-order chi connectivity index (χ0) is 23.8. The summed E-state index contributed by atoms with van der Waals surface area (Å²) in [4.78, 5) is 48.5. The summed E-state index contributed by atoms with van der Waals surface area (Å²) in [5.74, 6) is -3.22. The summed E-state index contributed by atoms with van der Waals surface area (Å²) < 4.78 is 22.3. The van der Waals surface area contributed by atoms with Crippen LogP contribution in [-0.2, 0) is 38.1 Å². The Bertz CT molecular complexity index is 976. The zero-order valence-electron chi connectivity index (χ0n) is 18.9. The highest BCUT2D eigenvalue weighted by Gasteiger charge is 2.87. The molecule has 3 aliphatic carbocycles. The summed E-state index contributed by atoms with van der Waals surface area (Å²) in [7, 11) is 0. The highest BCUT2D eigenvalue weighted by Crippen LogP contribution is 2.79. The largest absolute Gasteiger partial charge is 0.462 e. The molecule has 1 heterocycles. The SMILES string of the molecule is C=C(C)C(=O)O[C@H]1C[C@]2(C)[C@@H]3[C@@H](OC(C)=O)C[C@@](C)(O)[C@@H]3[C@@]23OC(=O)C(COC(C)=O)=C13. The number of hydrogen-bond donors (Lipinski definition) is 1. The predicted octanol–water partition coefficient (Wildman–Crippen LogP) is 1.37. The number of fused-ring (bicyclic) bond motifs is 2. The molecule has 3 fully saturated rings. The molecule has 0 saturated heterocycles. The van der Waals surface area contributed by atoms with E-state index in [2.05, 4.69) is 6.58 Å². The molecule has 3 saturated carbocycles. The van der Waals surface area contributed by atoms with Gasteiger partial charge in [0.05, 0.1) is 11.2 Å². The van der Waals surface area contributed by atoms with E-state index >= 15 is 0 Å². The third kappa shape index (κ3) is 2.79. The van der Waals surface area contributed by atoms with Crippen LogP contribution in [0.3, 0.4) is 0 Å². The molecule has 174 valence electrons. The lowest BCUT2D eigenvalue weighted by Crippen LogP contribution is -2.71. The van der Waals surface area contributed by atoms with Gasteiger partial charge >= 0.3 is 23.9 Å². The number of carbonyl (C=O) groups excluding carboxylic acids is 4. The van der Waals surface area contributed by atoms with Crippen molar-refractivity contribution in [2.45, 2.75) is 70.9 Å². The summed E-state index contributed by atoms with van der Waals surface area (Å²) in [5.41, 5.74) is -2.58. The van der Waals surface area contributed by atoms with Crippen molar-refractivity contribution in [2.24, 2.45) is 17.3 Å². The van der Waals surface area contributed by atoms with E-state index in [1.807, 2.05) is 6.92 Å². The van der Waals surface area contributed by atoms with Gasteiger partial charge in [0.1, 0.15) is 24.4 Å². The van der Waals surface area contributed by atoms with Crippen LogP contribution in [0.25, 0.3) is 0 Å². The Balaban J connectivity index is 1.83. The first kappa shape index (κ1) is 22.5. The van der Waals surface area contributed by atoms with E-state index in [4.69, 9.17) is 18.9 Å². The minimum Gasteiger partial charge on any atom is -0.462 e. The second kappa shape index (κ2) is 6.91. The summed E-state index contributed by atoms with van der Waals surface area (Å²) in [5, 5.41) is 11.3. The Morgan fingerprint density at radius 2 is 1.78 bits per heavy atom. The molecule has 9 nitrogen and oxygen atoms in total. The van der Waals surface area contributed by atoms with Gasteiger partial charge in [-0.25, -0.2) is 9.59 Å². The molecular weight excluding hydrogens is 420 g/mol. The van der Waals surface area contributed by atoms with Gasteiger partial charge in [-0.15, -0.1) is 0 Å². The zero-order valence-corrected chi connectivity index (χ0v) is 18.9. The first-order valence-corrected chi connectivity index (χ1v) is 10.6. The van der Waals surface area contributed by atoms with Gasteiger partial charge < -0.3 is 24.1 Å². The van der Waals surface area contributed by atoms with Gasteiger partial charge in [-0.1, -0.05) is 13.5 Å². The van der Waals surface area contributed by atoms with E-state index in [9.17, 15) is 24.3 Å². The lowest BCUT2D eigenvalue weighted by atomic mass is 9.44. The second-order valence-corrected chi connectivity index (χ2v) is 9.81. The van der Waals surface area contributed by atoms with E-state index < -0.39 is 58.6 Å². The molecule has 0 aromatic carbocycles. The maximum Gasteiger partial charge on any atom is 0.338 e. The third-order valence-electron chi connectivity index (χ3n) is 7.56. The maximum absolute atomic E-state index is 13.0. The van der Waals surface area contributed by atoms with Crippen LogP contribution in [0.4, 0.5) is 0 Å². The Morgan fingerprint density at radius 3 is 2.34 bits per heavy atom. The molecule has 0 unspecified atom stereocenters. The quantitative estimate of drug-likeness (QED) is 0.377. The monoisotopic (exact) mass is 448 g/mol. The van der Waals surface area contributed by atoms with Crippen molar-refractivity contribution in [1.82, 2.24) is 0 Å². The van der Waals surface area contributed by atoms with Crippen LogP contribution in [0.5, 0.6) is 0 Å². The predicted molar refractivity (Wildman–Crippen MR) is 108 cm³/mol. The van der Waals surface area contributed by atoms with Crippen molar-refractivity contribution in [3.8, 4) is 0 Å². The lowest BCUT2D eigenvalue weighted by molar-refractivity contribution is -0.262. The van der Waals surface area contributed by atoms with Crippen molar-refractivity contribution in [3.63, 3.8) is 0 Å². The Kier molecular flexibility index (Phi) is 4.86. The summed E-state index contributed by atoms with van der Waals surface area (Å²) in [6, 6.07) is 0. The van der Waals surface area contributed by atoms with Gasteiger partial charge in [-0.3, -0.25) is 9.59 Å². The number of aliphatic hydroxyl groups is 1. The maximum atomic E-state index is 13.0. The Labute approximate surface area is 185 Å². The van der Waals surface area contributed by atoms with Gasteiger partial charge in [0, 0.05) is 48.7 Å². The molecular formula is C23H28O9. The molecule has 1 spiro atoms.